The van der Waals surface area contributed by atoms with Crippen LogP contribution >= 0.6 is 0 Å². The summed E-state index contributed by atoms with van der Waals surface area (Å²) >= 11 is 0. The first kappa shape index (κ1) is 20.7. The lowest BCUT2D eigenvalue weighted by Gasteiger charge is -2.22. The molecule has 8 heteroatoms. The molecule has 2 heterocycles. The predicted molar refractivity (Wildman–Crippen MR) is 119 cm³/mol. The van der Waals surface area contributed by atoms with Crippen LogP contribution in [0.15, 0.2) is 53.3 Å². The lowest BCUT2D eigenvalue weighted by atomic mass is 9.98. The van der Waals surface area contributed by atoms with Gasteiger partial charge in [-0.05, 0) is 36.6 Å². The molecule has 0 bridgehead atoms. The molecule has 8 nitrogen and oxygen atoms in total. The molecule has 4 aromatic rings. The topological polar surface area (TPSA) is 106 Å². The number of carbonyl (C=O) groups excluding carboxylic acids is 1. The smallest absolute Gasteiger partial charge is 0.277 e. The number of rotatable bonds is 8. The first-order valence-electron chi connectivity index (χ1n) is 10.6. The van der Waals surface area contributed by atoms with Gasteiger partial charge in [-0.2, -0.15) is 0 Å². The molecule has 0 radical (unpaired) electrons. The summed E-state index contributed by atoms with van der Waals surface area (Å²) in [5.41, 5.74) is 2.22. The Kier molecular flexibility index (Phi) is 6.06. The van der Waals surface area contributed by atoms with Crippen molar-refractivity contribution in [2.45, 2.75) is 45.7 Å². The number of hydrogen-bond donors (Lipinski definition) is 2. The van der Waals surface area contributed by atoms with Gasteiger partial charge < -0.3 is 10.3 Å². The summed E-state index contributed by atoms with van der Waals surface area (Å²) in [6, 6.07) is 14.7. The van der Waals surface area contributed by atoms with E-state index in [4.69, 9.17) is 0 Å². The molecule has 0 spiro atoms. The zero-order valence-corrected chi connectivity index (χ0v) is 17.7. The van der Waals surface area contributed by atoms with Gasteiger partial charge in [-0.15, -0.1) is 5.10 Å². The molecule has 0 saturated heterocycles. The molecule has 0 saturated carbocycles. The fraction of sp³-hybridized carbons (Fsp3) is 0.348. The fourth-order valence-electron chi connectivity index (χ4n) is 3.64. The van der Waals surface area contributed by atoms with Gasteiger partial charge in [-0.25, -0.2) is 9.67 Å². The van der Waals surface area contributed by atoms with Crippen molar-refractivity contribution in [1.82, 2.24) is 30.3 Å². The van der Waals surface area contributed by atoms with Gasteiger partial charge in [0, 0.05) is 13.0 Å². The summed E-state index contributed by atoms with van der Waals surface area (Å²) in [5.74, 6) is 0.909. The zero-order valence-electron chi connectivity index (χ0n) is 17.7. The summed E-state index contributed by atoms with van der Waals surface area (Å²) in [5, 5.41) is 11.7. The molecule has 0 aliphatic carbocycles. The number of hydrogen-bond acceptors (Lipinski definition) is 5. The number of nitrogens with one attached hydrogen (secondary N) is 2. The van der Waals surface area contributed by atoms with Gasteiger partial charge in [0.05, 0.1) is 22.5 Å². The lowest BCUT2D eigenvalue weighted by Crippen LogP contribution is -2.33. The van der Waals surface area contributed by atoms with Gasteiger partial charge in [0.25, 0.3) is 5.56 Å². The molecule has 2 atom stereocenters. The molecule has 2 N–H and O–H groups in total. The average molecular weight is 419 g/mol. The molecule has 0 unspecified atom stereocenters. The summed E-state index contributed by atoms with van der Waals surface area (Å²) in [4.78, 5) is 33.2. The van der Waals surface area contributed by atoms with E-state index in [9.17, 15) is 9.59 Å². The highest BCUT2D eigenvalue weighted by atomic mass is 16.1. The van der Waals surface area contributed by atoms with Gasteiger partial charge in [0.2, 0.25) is 5.91 Å². The number of aryl methyl sites for hydroxylation is 1. The minimum atomic E-state index is -0.201. The molecular weight excluding hydrogens is 392 g/mol. The highest BCUT2D eigenvalue weighted by Crippen LogP contribution is 2.24. The van der Waals surface area contributed by atoms with Crippen molar-refractivity contribution in [2.24, 2.45) is 5.92 Å². The summed E-state index contributed by atoms with van der Waals surface area (Å²) in [6.45, 7) is 4.53. The number of aromatic amines is 1. The van der Waals surface area contributed by atoms with E-state index >= 15 is 0 Å². The highest BCUT2D eigenvalue weighted by molar-refractivity contribution is 5.78. The fourth-order valence-corrected chi connectivity index (χ4v) is 3.64. The van der Waals surface area contributed by atoms with Crippen molar-refractivity contribution >= 4 is 27.8 Å². The maximum Gasteiger partial charge on any atom is 0.277 e. The van der Waals surface area contributed by atoms with E-state index in [1.807, 2.05) is 30.3 Å². The third-order valence-corrected chi connectivity index (χ3v) is 5.63. The molecule has 31 heavy (non-hydrogen) atoms. The second kappa shape index (κ2) is 9.07. The molecular formula is C23H26N6O2. The Morgan fingerprint density at radius 3 is 2.65 bits per heavy atom. The number of carbonyl (C=O) groups is 1. The maximum atomic E-state index is 12.7. The maximum absolute atomic E-state index is 12.7. The summed E-state index contributed by atoms with van der Waals surface area (Å²) in [7, 11) is 0. The van der Waals surface area contributed by atoms with E-state index in [0.29, 0.717) is 23.9 Å². The molecule has 2 aromatic heterocycles. The Bertz CT molecular complexity index is 1230. The first-order valence-corrected chi connectivity index (χ1v) is 10.6. The van der Waals surface area contributed by atoms with Crippen LogP contribution in [0, 0.1) is 5.92 Å². The Balaban J connectivity index is 1.41. The van der Waals surface area contributed by atoms with Crippen LogP contribution in [0.4, 0.5) is 0 Å². The SMILES string of the molecule is CC[C@H](C)[C@H](NC(=O)CCCn1nnc2ccccc2c1=O)c1nc2ccccc2[nH]1. The molecule has 4 rings (SSSR count). The van der Waals surface area contributed by atoms with Crippen LogP contribution in [0.1, 0.15) is 45.0 Å². The third kappa shape index (κ3) is 4.47. The number of amides is 1. The van der Waals surface area contributed by atoms with E-state index in [2.05, 4.69) is 39.4 Å². The van der Waals surface area contributed by atoms with Crippen LogP contribution in [0.25, 0.3) is 21.9 Å². The van der Waals surface area contributed by atoms with Crippen molar-refractivity contribution in [1.29, 1.82) is 0 Å². The quantitative estimate of drug-likeness (QED) is 0.456. The van der Waals surface area contributed by atoms with Gasteiger partial charge in [0.1, 0.15) is 11.3 Å². The van der Waals surface area contributed by atoms with Crippen molar-refractivity contribution < 1.29 is 4.79 Å². The Labute approximate surface area is 179 Å². The number of fused-ring (bicyclic) bond motifs is 2. The standard InChI is InChI=1S/C23H26N6O2/c1-3-15(2)21(22-24-18-11-6-7-12-19(18)25-22)26-20(30)13-8-14-29-23(31)16-9-4-5-10-17(16)27-28-29/h4-7,9-12,15,21H,3,8,13-14H2,1-2H3,(H,24,25)(H,26,30)/t15-,21-/m0/s1. The van der Waals surface area contributed by atoms with Crippen molar-refractivity contribution in [3.63, 3.8) is 0 Å². The van der Waals surface area contributed by atoms with Crippen LogP contribution in [0.5, 0.6) is 0 Å². The second-order valence-corrected chi connectivity index (χ2v) is 7.81. The Morgan fingerprint density at radius 1 is 1.13 bits per heavy atom. The normalized spacial score (nSPS) is 13.4. The van der Waals surface area contributed by atoms with Crippen LogP contribution in [0.3, 0.4) is 0 Å². The van der Waals surface area contributed by atoms with E-state index in [-0.39, 0.29) is 29.8 Å². The minimum Gasteiger partial charge on any atom is -0.346 e. The second-order valence-electron chi connectivity index (χ2n) is 7.81. The van der Waals surface area contributed by atoms with Crippen LogP contribution < -0.4 is 10.9 Å². The predicted octanol–water partition coefficient (Wildman–Crippen LogP) is 3.35. The monoisotopic (exact) mass is 418 g/mol. The van der Waals surface area contributed by atoms with Crippen molar-refractivity contribution in [3.05, 3.63) is 64.7 Å². The number of para-hydroxylation sites is 2. The third-order valence-electron chi connectivity index (χ3n) is 5.63. The number of aromatic nitrogens is 5. The zero-order chi connectivity index (χ0) is 21.8. The molecule has 0 aliphatic rings. The van der Waals surface area contributed by atoms with E-state index in [0.717, 1.165) is 23.3 Å². The number of H-pyrrole nitrogens is 1. The van der Waals surface area contributed by atoms with E-state index in [1.165, 1.54) is 4.68 Å². The van der Waals surface area contributed by atoms with Gasteiger partial charge >= 0.3 is 0 Å². The Hall–Kier alpha value is -3.55. The van der Waals surface area contributed by atoms with Gasteiger partial charge in [-0.3, -0.25) is 9.59 Å². The molecule has 1 amide bonds. The minimum absolute atomic E-state index is 0.0763. The molecule has 160 valence electrons. The molecule has 2 aromatic carbocycles. The van der Waals surface area contributed by atoms with E-state index < -0.39 is 0 Å². The molecule has 0 aliphatic heterocycles. The van der Waals surface area contributed by atoms with Gasteiger partial charge in [-0.1, -0.05) is 49.7 Å². The number of imidazole rings is 1. The first-order chi connectivity index (χ1) is 15.1. The van der Waals surface area contributed by atoms with Crippen LogP contribution in [0.2, 0.25) is 0 Å². The van der Waals surface area contributed by atoms with Crippen LogP contribution in [-0.2, 0) is 11.3 Å². The average Bonchev–Trinajstić information content (AvgIpc) is 3.22. The summed E-state index contributed by atoms with van der Waals surface area (Å²) in [6.07, 6.45) is 1.68. The van der Waals surface area contributed by atoms with Crippen molar-refractivity contribution in [3.8, 4) is 0 Å². The van der Waals surface area contributed by atoms with Gasteiger partial charge in [0.15, 0.2) is 0 Å². The van der Waals surface area contributed by atoms with Crippen molar-refractivity contribution in [2.75, 3.05) is 0 Å². The number of benzene rings is 2. The largest absolute Gasteiger partial charge is 0.346 e. The highest BCUT2D eigenvalue weighted by Gasteiger charge is 2.23. The Morgan fingerprint density at radius 2 is 1.87 bits per heavy atom. The lowest BCUT2D eigenvalue weighted by molar-refractivity contribution is -0.122. The summed E-state index contributed by atoms with van der Waals surface area (Å²) < 4.78 is 1.32. The van der Waals surface area contributed by atoms with Crippen LogP contribution in [-0.4, -0.2) is 30.9 Å². The number of nitrogens with zero attached hydrogens (tertiary/aromatic N) is 4. The molecule has 0 fully saturated rings. The van der Waals surface area contributed by atoms with E-state index in [1.54, 1.807) is 18.2 Å².